The molecule has 13 heavy (non-hydrogen) atoms. The van der Waals surface area contributed by atoms with Crippen LogP contribution in [0.3, 0.4) is 0 Å². The molecule has 3 heteroatoms. The van der Waals surface area contributed by atoms with Crippen LogP contribution in [0.15, 0.2) is 15.9 Å². The predicted molar refractivity (Wildman–Crippen MR) is 59.7 cm³/mol. The molecule has 1 nitrogen and oxygen atoms in total. The van der Waals surface area contributed by atoms with Gasteiger partial charge in [-0.2, -0.15) is 0 Å². The lowest BCUT2D eigenvalue weighted by Crippen LogP contribution is -1.92. The minimum absolute atomic E-state index is 0.364. The molecule has 70 valence electrons. The van der Waals surface area contributed by atoms with Gasteiger partial charge < -0.3 is 5.11 Å². The fourth-order valence-electron chi connectivity index (χ4n) is 0.979. The van der Waals surface area contributed by atoms with Crippen molar-refractivity contribution in [1.82, 2.24) is 0 Å². The van der Waals surface area contributed by atoms with E-state index in [1.807, 2.05) is 18.4 Å². The quantitative estimate of drug-likeness (QED) is 0.825. The molecular formula is C10H11BrOS. The molecule has 0 spiro atoms. The molecule has 0 aliphatic rings. The number of halogens is 1. The summed E-state index contributed by atoms with van der Waals surface area (Å²) in [5.41, 5.74) is 0. The lowest BCUT2D eigenvalue weighted by Gasteiger charge is -2.04. The topological polar surface area (TPSA) is 20.2 Å². The summed E-state index contributed by atoms with van der Waals surface area (Å²) in [6.45, 7) is 1.81. The average molecular weight is 259 g/mol. The Morgan fingerprint density at radius 1 is 1.69 bits per heavy atom. The van der Waals surface area contributed by atoms with E-state index in [0.717, 1.165) is 15.8 Å². The molecule has 0 bridgehead atoms. The number of hydrogen-bond acceptors (Lipinski definition) is 2. The smallest absolute Gasteiger partial charge is 0.0891 e. The third-order valence-corrected chi connectivity index (χ3v) is 3.43. The van der Waals surface area contributed by atoms with Crippen LogP contribution >= 0.6 is 27.3 Å². The van der Waals surface area contributed by atoms with Crippen LogP contribution in [0.5, 0.6) is 0 Å². The maximum atomic E-state index is 9.68. The Hall–Kier alpha value is -0.300. The summed E-state index contributed by atoms with van der Waals surface area (Å²) in [5.74, 6) is 5.75. The standard InChI is InChI=1S/C10H11BrOS/c1-2-3-4-5-9(12)10-6-8(11)7-13-10/h6-7,9,12H,4-5H2,1H3. The summed E-state index contributed by atoms with van der Waals surface area (Å²) < 4.78 is 1.04. The Morgan fingerprint density at radius 3 is 3.00 bits per heavy atom. The monoisotopic (exact) mass is 258 g/mol. The Balaban J connectivity index is 2.47. The fraction of sp³-hybridized carbons (Fsp3) is 0.400. The third-order valence-electron chi connectivity index (χ3n) is 1.64. The SMILES string of the molecule is CC#CCCC(O)c1cc(Br)cs1. The Labute approximate surface area is 90.9 Å². The Kier molecular flexibility index (Phi) is 4.51. The molecule has 0 saturated carbocycles. The van der Waals surface area contributed by atoms with Crippen LogP contribution in [0.25, 0.3) is 0 Å². The summed E-state index contributed by atoms with van der Waals surface area (Å²) in [4.78, 5) is 1.00. The van der Waals surface area contributed by atoms with Crippen molar-refractivity contribution in [1.29, 1.82) is 0 Å². The van der Waals surface area contributed by atoms with E-state index in [4.69, 9.17) is 0 Å². The van der Waals surface area contributed by atoms with Crippen molar-refractivity contribution in [2.24, 2.45) is 0 Å². The molecule has 0 aliphatic heterocycles. The van der Waals surface area contributed by atoms with Gasteiger partial charge in [-0.05, 0) is 35.3 Å². The van der Waals surface area contributed by atoms with E-state index in [-0.39, 0.29) is 6.10 Å². The van der Waals surface area contributed by atoms with Crippen molar-refractivity contribution >= 4 is 27.3 Å². The van der Waals surface area contributed by atoms with Gasteiger partial charge in [-0.15, -0.1) is 23.2 Å². The highest BCUT2D eigenvalue weighted by atomic mass is 79.9. The highest BCUT2D eigenvalue weighted by molar-refractivity contribution is 9.10. The molecule has 0 fully saturated rings. The number of hydrogen-bond donors (Lipinski definition) is 1. The zero-order valence-electron chi connectivity index (χ0n) is 7.38. The molecule has 1 atom stereocenters. The first-order valence-corrected chi connectivity index (χ1v) is 5.73. The van der Waals surface area contributed by atoms with E-state index in [0.29, 0.717) is 6.42 Å². The number of rotatable bonds is 3. The number of aliphatic hydroxyl groups excluding tert-OH is 1. The molecule has 1 heterocycles. The van der Waals surface area contributed by atoms with Crippen molar-refractivity contribution < 1.29 is 5.11 Å². The van der Waals surface area contributed by atoms with Gasteiger partial charge >= 0.3 is 0 Å². The third kappa shape index (κ3) is 3.51. The second kappa shape index (κ2) is 5.43. The second-order valence-corrected chi connectivity index (χ2v) is 4.51. The fourth-order valence-corrected chi connectivity index (χ4v) is 2.44. The number of thiophene rings is 1. The highest BCUT2D eigenvalue weighted by Crippen LogP contribution is 2.27. The highest BCUT2D eigenvalue weighted by Gasteiger charge is 2.08. The van der Waals surface area contributed by atoms with Crippen LogP contribution in [-0.2, 0) is 0 Å². The molecule has 1 N–H and O–H groups in total. The van der Waals surface area contributed by atoms with Crippen molar-refractivity contribution in [2.75, 3.05) is 0 Å². The first-order valence-electron chi connectivity index (χ1n) is 4.05. The van der Waals surface area contributed by atoms with Crippen LogP contribution in [0.4, 0.5) is 0 Å². The van der Waals surface area contributed by atoms with Crippen molar-refractivity contribution in [3.63, 3.8) is 0 Å². The van der Waals surface area contributed by atoms with Gasteiger partial charge in [0.2, 0.25) is 0 Å². The zero-order valence-corrected chi connectivity index (χ0v) is 9.78. The average Bonchev–Trinajstić information content (AvgIpc) is 2.52. The molecule has 1 aromatic rings. The molecule has 0 amide bonds. The first-order chi connectivity index (χ1) is 6.24. The lowest BCUT2D eigenvalue weighted by atomic mass is 10.2. The van der Waals surface area contributed by atoms with E-state index in [1.54, 1.807) is 11.3 Å². The maximum Gasteiger partial charge on any atom is 0.0891 e. The normalized spacial score (nSPS) is 11.9. The summed E-state index contributed by atoms with van der Waals surface area (Å²) in [6.07, 6.45) is 1.11. The molecule has 1 unspecified atom stereocenters. The van der Waals surface area contributed by atoms with Gasteiger partial charge in [-0.25, -0.2) is 0 Å². The van der Waals surface area contributed by atoms with E-state index in [9.17, 15) is 5.11 Å². The van der Waals surface area contributed by atoms with Crippen molar-refractivity contribution in [2.45, 2.75) is 25.9 Å². The first kappa shape index (κ1) is 10.8. The molecule has 0 aromatic carbocycles. The van der Waals surface area contributed by atoms with Crippen molar-refractivity contribution in [3.8, 4) is 11.8 Å². The minimum Gasteiger partial charge on any atom is -0.388 e. The lowest BCUT2D eigenvalue weighted by molar-refractivity contribution is 0.173. The molecular weight excluding hydrogens is 248 g/mol. The minimum atomic E-state index is -0.364. The van der Waals surface area contributed by atoms with Gasteiger partial charge in [0.05, 0.1) is 6.10 Å². The van der Waals surface area contributed by atoms with Gasteiger partial charge in [0.25, 0.3) is 0 Å². The van der Waals surface area contributed by atoms with Crippen LogP contribution in [-0.4, -0.2) is 5.11 Å². The summed E-state index contributed by atoms with van der Waals surface area (Å²) in [7, 11) is 0. The Morgan fingerprint density at radius 2 is 2.46 bits per heavy atom. The number of aliphatic hydroxyl groups is 1. The Bertz CT molecular complexity index is 321. The molecule has 0 radical (unpaired) electrons. The van der Waals surface area contributed by atoms with Crippen LogP contribution in [0.1, 0.15) is 30.7 Å². The zero-order chi connectivity index (χ0) is 9.68. The molecule has 1 rings (SSSR count). The van der Waals surface area contributed by atoms with Gasteiger partial charge in [0, 0.05) is 21.2 Å². The summed E-state index contributed by atoms with van der Waals surface area (Å²) >= 11 is 4.92. The van der Waals surface area contributed by atoms with Crippen molar-refractivity contribution in [3.05, 3.63) is 20.8 Å². The van der Waals surface area contributed by atoms with Gasteiger partial charge in [-0.1, -0.05) is 0 Å². The summed E-state index contributed by atoms with van der Waals surface area (Å²) in [5, 5.41) is 11.7. The van der Waals surface area contributed by atoms with E-state index in [1.165, 1.54) is 0 Å². The molecule has 0 saturated heterocycles. The van der Waals surface area contributed by atoms with E-state index >= 15 is 0 Å². The second-order valence-electron chi connectivity index (χ2n) is 2.65. The van der Waals surface area contributed by atoms with E-state index < -0.39 is 0 Å². The van der Waals surface area contributed by atoms with Gasteiger partial charge in [0.15, 0.2) is 0 Å². The van der Waals surface area contributed by atoms with Crippen LogP contribution in [0.2, 0.25) is 0 Å². The molecule has 1 aromatic heterocycles. The van der Waals surface area contributed by atoms with E-state index in [2.05, 4.69) is 27.8 Å². The predicted octanol–water partition coefficient (Wildman–Crippen LogP) is 3.35. The van der Waals surface area contributed by atoms with Gasteiger partial charge in [0.1, 0.15) is 0 Å². The molecule has 0 aliphatic carbocycles. The largest absolute Gasteiger partial charge is 0.388 e. The van der Waals surface area contributed by atoms with Gasteiger partial charge in [-0.3, -0.25) is 0 Å². The maximum absolute atomic E-state index is 9.68. The summed E-state index contributed by atoms with van der Waals surface area (Å²) in [6, 6.07) is 1.95. The van der Waals surface area contributed by atoms with Crippen LogP contribution in [0, 0.1) is 11.8 Å². The van der Waals surface area contributed by atoms with Crippen LogP contribution < -0.4 is 0 Å².